The van der Waals surface area contributed by atoms with Crippen LogP contribution in [0.15, 0.2) is 29.2 Å². The van der Waals surface area contributed by atoms with Crippen molar-refractivity contribution in [1.82, 2.24) is 9.47 Å². The minimum Gasteiger partial charge on any atom is -0.330 e. The molecule has 2 heterocycles. The van der Waals surface area contributed by atoms with Crippen LogP contribution in [0.1, 0.15) is 19.3 Å². The number of nitrogens with two attached hydrogens (primary N) is 1. The zero-order chi connectivity index (χ0) is 12.8. The molecule has 1 unspecified atom stereocenters. The summed E-state index contributed by atoms with van der Waals surface area (Å²) >= 11 is 0. The van der Waals surface area contributed by atoms with E-state index in [9.17, 15) is 4.79 Å². The number of hydrogen-bond acceptors (Lipinski definition) is 3. The molecule has 0 amide bonds. The largest absolute Gasteiger partial charge is 0.330 e. The second-order valence-electron chi connectivity index (χ2n) is 5.12. The standard InChI is InChI=1S/C14H23N3O/c15-7-6-13-4-3-8-16(12-13)10-11-17-9-2-1-5-14(17)18/h1-2,5,9,13H,3-4,6-8,10-12,15H2. The summed E-state index contributed by atoms with van der Waals surface area (Å²) < 4.78 is 1.78. The van der Waals surface area contributed by atoms with Crippen molar-refractivity contribution in [1.29, 1.82) is 0 Å². The van der Waals surface area contributed by atoms with Crippen LogP contribution in [0.5, 0.6) is 0 Å². The van der Waals surface area contributed by atoms with Gasteiger partial charge in [0, 0.05) is 31.9 Å². The molecule has 1 fully saturated rings. The van der Waals surface area contributed by atoms with Crippen LogP contribution in [0.3, 0.4) is 0 Å². The molecule has 0 aliphatic carbocycles. The van der Waals surface area contributed by atoms with Crippen molar-refractivity contribution in [2.75, 3.05) is 26.2 Å². The van der Waals surface area contributed by atoms with Crippen molar-refractivity contribution >= 4 is 0 Å². The van der Waals surface area contributed by atoms with Crippen molar-refractivity contribution in [2.24, 2.45) is 11.7 Å². The number of piperidine rings is 1. The van der Waals surface area contributed by atoms with Gasteiger partial charge in [-0.25, -0.2) is 0 Å². The Balaban J connectivity index is 1.83. The second kappa shape index (κ2) is 6.71. The Kier molecular flexibility index (Phi) is 4.96. The van der Waals surface area contributed by atoms with Gasteiger partial charge in [-0.15, -0.1) is 0 Å². The maximum absolute atomic E-state index is 11.6. The molecular formula is C14H23N3O. The molecular weight excluding hydrogens is 226 g/mol. The van der Waals surface area contributed by atoms with Crippen LogP contribution >= 0.6 is 0 Å². The molecule has 1 aromatic rings. The van der Waals surface area contributed by atoms with Gasteiger partial charge in [-0.1, -0.05) is 6.07 Å². The normalized spacial score (nSPS) is 21.1. The van der Waals surface area contributed by atoms with E-state index in [2.05, 4.69) is 4.90 Å². The molecule has 1 aromatic heterocycles. The monoisotopic (exact) mass is 249 g/mol. The highest BCUT2D eigenvalue weighted by Crippen LogP contribution is 2.18. The molecule has 1 saturated heterocycles. The van der Waals surface area contributed by atoms with Gasteiger partial charge in [-0.2, -0.15) is 0 Å². The van der Waals surface area contributed by atoms with Gasteiger partial charge < -0.3 is 15.2 Å². The predicted molar refractivity (Wildman–Crippen MR) is 73.5 cm³/mol. The van der Waals surface area contributed by atoms with E-state index in [1.54, 1.807) is 16.7 Å². The molecule has 4 nitrogen and oxygen atoms in total. The highest BCUT2D eigenvalue weighted by Gasteiger charge is 2.18. The average Bonchev–Trinajstić information content (AvgIpc) is 2.39. The topological polar surface area (TPSA) is 51.3 Å². The van der Waals surface area contributed by atoms with Gasteiger partial charge in [0.25, 0.3) is 5.56 Å². The van der Waals surface area contributed by atoms with E-state index in [1.807, 2.05) is 12.3 Å². The Hall–Kier alpha value is -1.13. The third-order valence-electron chi connectivity index (χ3n) is 3.73. The van der Waals surface area contributed by atoms with Crippen LogP contribution < -0.4 is 11.3 Å². The number of aromatic nitrogens is 1. The summed E-state index contributed by atoms with van der Waals surface area (Å²) in [5.74, 6) is 0.747. The van der Waals surface area contributed by atoms with Crippen molar-refractivity contribution in [2.45, 2.75) is 25.8 Å². The molecule has 1 aliphatic rings. The SMILES string of the molecule is NCCC1CCCN(CCn2ccccc2=O)C1. The Morgan fingerprint density at radius 2 is 2.22 bits per heavy atom. The first-order valence-corrected chi connectivity index (χ1v) is 6.87. The molecule has 0 spiro atoms. The molecule has 0 saturated carbocycles. The Morgan fingerprint density at radius 3 is 3.00 bits per heavy atom. The zero-order valence-corrected chi connectivity index (χ0v) is 10.9. The van der Waals surface area contributed by atoms with Crippen LogP contribution in [0.25, 0.3) is 0 Å². The number of hydrogen-bond donors (Lipinski definition) is 1. The zero-order valence-electron chi connectivity index (χ0n) is 10.9. The van der Waals surface area contributed by atoms with Gasteiger partial charge in [0.05, 0.1) is 0 Å². The summed E-state index contributed by atoms with van der Waals surface area (Å²) in [6, 6.07) is 5.32. The average molecular weight is 249 g/mol. The molecule has 2 N–H and O–H groups in total. The van der Waals surface area contributed by atoms with Crippen LogP contribution in [0, 0.1) is 5.92 Å². The van der Waals surface area contributed by atoms with Crippen molar-refractivity contribution in [3.63, 3.8) is 0 Å². The molecule has 1 aliphatic heterocycles. The van der Waals surface area contributed by atoms with Crippen molar-refractivity contribution in [3.05, 3.63) is 34.7 Å². The molecule has 18 heavy (non-hydrogen) atoms. The lowest BCUT2D eigenvalue weighted by molar-refractivity contribution is 0.164. The van der Waals surface area contributed by atoms with E-state index in [4.69, 9.17) is 5.73 Å². The fourth-order valence-electron chi connectivity index (χ4n) is 2.72. The van der Waals surface area contributed by atoms with Crippen LogP contribution in [0.4, 0.5) is 0 Å². The van der Waals surface area contributed by atoms with Crippen molar-refractivity contribution < 1.29 is 0 Å². The second-order valence-corrected chi connectivity index (χ2v) is 5.12. The van der Waals surface area contributed by atoms with Crippen molar-refractivity contribution in [3.8, 4) is 0 Å². The molecule has 2 rings (SSSR count). The molecule has 0 radical (unpaired) electrons. The van der Waals surface area contributed by atoms with Gasteiger partial charge in [0.1, 0.15) is 0 Å². The van der Waals surface area contributed by atoms with E-state index in [1.165, 1.54) is 12.8 Å². The summed E-state index contributed by atoms with van der Waals surface area (Å²) in [4.78, 5) is 14.0. The molecule has 0 bridgehead atoms. The Labute approximate surface area is 108 Å². The summed E-state index contributed by atoms with van der Waals surface area (Å²) in [5, 5.41) is 0. The smallest absolute Gasteiger partial charge is 0.250 e. The highest BCUT2D eigenvalue weighted by molar-refractivity contribution is 4.93. The summed E-state index contributed by atoms with van der Waals surface area (Å²) in [7, 11) is 0. The van der Waals surface area contributed by atoms with Gasteiger partial charge >= 0.3 is 0 Å². The van der Waals surface area contributed by atoms with Crippen LogP contribution in [0.2, 0.25) is 0 Å². The van der Waals surface area contributed by atoms with Gasteiger partial charge in [-0.05, 0) is 44.3 Å². The predicted octanol–water partition coefficient (Wildman–Crippen LogP) is 0.909. The molecule has 0 aromatic carbocycles. The van der Waals surface area contributed by atoms with E-state index >= 15 is 0 Å². The number of rotatable bonds is 5. The van der Waals surface area contributed by atoms with Gasteiger partial charge in [0.2, 0.25) is 0 Å². The first-order chi connectivity index (χ1) is 8.79. The lowest BCUT2D eigenvalue weighted by atomic mass is 9.95. The summed E-state index contributed by atoms with van der Waals surface area (Å²) in [5.41, 5.74) is 5.72. The lowest BCUT2D eigenvalue weighted by Crippen LogP contribution is -2.39. The number of likely N-dealkylation sites (tertiary alicyclic amines) is 1. The van der Waals surface area contributed by atoms with E-state index < -0.39 is 0 Å². The van der Waals surface area contributed by atoms with Crippen LogP contribution in [-0.2, 0) is 6.54 Å². The fraction of sp³-hybridized carbons (Fsp3) is 0.643. The molecule has 1 atom stereocenters. The first kappa shape index (κ1) is 13.3. The Morgan fingerprint density at radius 1 is 1.33 bits per heavy atom. The fourth-order valence-corrected chi connectivity index (χ4v) is 2.72. The maximum atomic E-state index is 11.6. The van der Waals surface area contributed by atoms with Crippen LogP contribution in [-0.4, -0.2) is 35.6 Å². The minimum absolute atomic E-state index is 0.0908. The van der Waals surface area contributed by atoms with E-state index in [0.29, 0.717) is 0 Å². The minimum atomic E-state index is 0.0908. The van der Waals surface area contributed by atoms with E-state index in [0.717, 1.165) is 45.1 Å². The highest BCUT2D eigenvalue weighted by atomic mass is 16.1. The van der Waals surface area contributed by atoms with Gasteiger partial charge in [0.15, 0.2) is 0 Å². The summed E-state index contributed by atoms with van der Waals surface area (Å²) in [6.07, 6.45) is 5.55. The third kappa shape index (κ3) is 3.68. The van der Waals surface area contributed by atoms with E-state index in [-0.39, 0.29) is 5.56 Å². The third-order valence-corrected chi connectivity index (χ3v) is 3.73. The summed E-state index contributed by atoms with van der Waals surface area (Å²) in [6.45, 7) is 4.83. The Bertz CT molecular complexity index is 414. The molecule has 4 heteroatoms. The number of pyridine rings is 1. The first-order valence-electron chi connectivity index (χ1n) is 6.87. The molecule has 100 valence electrons. The van der Waals surface area contributed by atoms with Gasteiger partial charge in [-0.3, -0.25) is 4.79 Å². The number of nitrogens with zero attached hydrogens (tertiary/aromatic N) is 2. The lowest BCUT2D eigenvalue weighted by Gasteiger charge is -2.32. The maximum Gasteiger partial charge on any atom is 0.250 e. The quantitative estimate of drug-likeness (QED) is 0.844.